The Labute approximate surface area is 112 Å². The van der Waals surface area contributed by atoms with Crippen molar-refractivity contribution in [2.45, 2.75) is 44.6 Å². The third-order valence-corrected chi connectivity index (χ3v) is 4.94. The highest BCUT2D eigenvalue weighted by Crippen LogP contribution is 2.27. The molecule has 0 unspecified atom stereocenters. The van der Waals surface area contributed by atoms with Gasteiger partial charge in [-0.1, -0.05) is 19.3 Å². The maximum Gasteiger partial charge on any atom is 0.0475 e. The van der Waals surface area contributed by atoms with Gasteiger partial charge in [-0.05, 0) is 51.7 Å². The Morgan fingerprint density at radius 3 is 2.44 bits per heavy atom. The normalized spacial score (nSPS) is 32.0. The van der Waals surface area contributed by atoms with Crippen molar-refractivity contribution in [3.63, 3.8) is 0 Å². The van der Waals surface area contributed by atoms with Crippen molar-refractivity contribution in [1.29, 1.82) is 0 Å². The highest BCUT2D eigenvalue weighted by atomic mass is 16.3. The molecule has 0 bridgehead atoms. The van der Waals surface area contributed by atoms with Crippen LogP contribution in [-0.4, -0.2) is 61.3 Å². The molecule has 3 heteroatoms. The van der Waals surface area contributed by atoms with E-state index in [1.54, 1.807) is 0 Å². The first kappa shape index (κ1) is 14.3. The summed E-state index contributed by atoms with van der Waals surface area (Å²) in [6.07, 6.45) is 8.36. The minimum Gasteiger partial charge on any atom is -0.396 e. The largest absolute Gasteiger partial charge is 0.396 e. The van der Waals surface area contributed by atoms with Crippen molar-refractivity contribution in [2.75, 3.05) is 40.3 Å². The number of aliphatic hydroxyl groups is 1. The second-order valence-electron chi connectivity index (χ2n) is 6.53. The molecule has 2 atom stereocenters. The molecule has 2 aliphatic rings. The highest BCUT2D eigenvalue weighted by Gasteiger charge is 2.31. The summed E-state index contributed by atoms with van der Waals surface area (Å²) < 4.78 is 0. The van der Waals surface area contributed by atoms with Crippen LogP contribution in [0.2, 0.25) is 0 Å². The van der Waals surface area contributed by atoms with Crippen LogP contribution in [0, 0.1) is 11.8 Å². The van der Waals surface area contributed by atoms with Crippen LogP contribution in [0.1, 0.15) is 38.5 Å². The summed E-state index contributed by atoms with van der Waals surface area (Å²) >= 11 is 0. The first-order chi connectivity index (χ1) is 8.70. The maximum absolute atomic E-state index is 9.47. The van der Waals surface area contributed by atoms with Crippen LogP contribution in [0.5, 0.6) is 0 Å². The van der Waals surface area contributed by atoms with Crippen LogP contribution in [-0.2, 0) is 0 Å². The third-order valence-electron chi connectivity index (χ3n) is 4.94. The SMILES string of the molecule is CN(C)[C@@H]1CN(CC2CCCCC2)CC[C@@H]1CO. The Hall–Kier alpha value is -0.120. The highest BCUT2D eigenvalue weighted by molar-refractivity contribution is 4.86. The Morgan fingerprint density at radius 1 is 1.11 bits per heavy atom. The van der Waals surface area contributed by atoms with E-state index in [9.17, 15) is 5.11 Å². The van der Waals surface area contributed by atoms with Gasteiger partial charge in [0.25, 0.3) is 0 Å². The van der Waals surface area contributed by atoms with E-state index < -0.39 is 0 Å². The van der Waals surface area contributed by atoms with Gasteiger partial charge in [0.15, 0.2) is 0 Å². The van der Waals surface area contributed by atoms with Gasteiger partial charge in [-0.3, -0.25) is 0 Å². The minimum absolute atomic E-state index is 0.347. The van der Waals surface area contributed by atoms with Crippen molar-refractivity contribution in [3.8, 4) is 0 Å². The molecule has 2 rings (SSSR count). The smallest absolute Gasteiger partial charge is 0.0475 e. The van der Waals surface area contributed by atoms with Gasteiger partial charge >= 0.3 is 0 Å². The summed E-state index contributed by atoms with van der Waals surface area (Å²) in [5, 5.41) is 9.47. The van der Waals surface area contributed by atoms with Crippen LogP contribution in [0.4, 0.5) is 0 Å². The zero-order valence-electron chi connectivity index (χ0n) is 12.1. The lowest BCUT2D eigenvalue weighted by Gasteiger charge is -2.42. The average molecular weight is 254 g/mol. The van der Waals surface area contributed by atoms with Gasteiger partial charge < -0.3 is 14.9 Å². The molecule has 106 valence electrons. The molecule has 0 aromatic rings. The molecule has 0 aromatic heterocycles. The van der Waals surface area contributed by atoms with E-state index in [-0.39, 0.29) is 0 Å². The zero-order chi connectivity index (χ0) is 13.0. The minimum atomic E-state index is 0.347. The van der Waals surface area contributed by atoms with Crippen molar-refractivity contribution in [2.24, 2.45) is 11.8 Å². The zero-order valence-corrected chi connectivity index (χ0v) is 12.1. The van der Waals surface area contributed by atoms with E-state index in [1.165, 1.54) is 45.2 Å². The fraction of sp³-hybridized carbons (Fsp3) is 1.00. The van der Waals surface area contributed by atoms with Gasteiger partial charge in [-0.15, -0.1) is 0 Å². The van der Waals surface area contributed by atoms with Crippen LogP contribution in [0.25, 0.3) is 0 Å². The molecule has 0 amide bonds. The number of piperidine rings is 1. The molecule has 0 spiro atoms. The lowest BCUT2D eigenvalue weighted by molar-refractivity contribution is 0.0397. The Kier molecular flexibility index (Phi) is 5.46. The van der Waals surface area contributed by atoms with Crippen molar-refractivity contribution < 1.29 is 5.11 Å². The van der Waals surface area contributed by atoms with Gasteiger partial charge in [0.2, 0.25) is 0 Å². The number of likely N-dealkylation sites (N-methyl/N-ethyl adjacent to an activating group) is 1. The van der Waals surface area contributed by atoms with E-state index in [4.69, 9.17) is 0 Å². The third kappa shape index (κ3) is 3.69. The molecule has 1 N–H and O–H groups in total. The molecule has 1 aliphatic heterocycles. The van der Waals surface area contributed by atoms with Gasteiger partial charge in [0, 0.05) is 25.7 Å². The van der Waals surface area contributed by atoms with E-state index in [0.717, 1.165) is 18.9 Å². The van der Waals surface area contributed by atoms with Crippen molar-refractivity contribution in [1.82, 2.24) is 9.80 Å². The molecule has 1 saturated carbocycles. The molecule has 1 saturated heterocycles. The number of nitrogens with zero attached hydrogens (tertiary/aromatic N) is 2. The van der Waals surface area contributed by atoms with Crippen molar-refractivity contribution in [3.05, 3.63) is 0 Å². The number of hydrogen-bond donors (Lipinski definition) is 1. The fourth-order valence-electron chi connectivity index (χ4n) is 3.74. The number of hydrogen-bond acceptors (Lipinski definition) is 3. The topological polar surface area (TPSA) is 26.7 Å². The van der Waals surface area contributed by atoms with E-state index in [2.05, 4.69) is 23.9 Å². The van der Waals surface area contributed by atoms with Crippen LogP contribution < -0.4 is 0 Å². The van der Waals surface area contributed by atoms with Gasteiger partial charge in [-0.2, -0.15) is 0 Å². The quantitative estimate of drug-likeness (QED) is 0.829. The Balaban J connectivity index is 1.83. The van der Waals surface area contributed by atoms with Crippen LogP contribution in [0.15, 0.2) is 0 Å². The lowest BCUT2D eigenvalue weighted by Crippen LogP contribution is -2.52. The molecule has 0 aromatic carbocycles. The van der Waals surface area contributed by atoms with E-state index >= 15 is 0 Å². The summed E-state index contributed by atoms with van der Waals surface area (Å²) in [4.78, 5) is 4.95. The lowest BCUT2D eigenvalue weighted by atomic mass is 9.87. The molecular formula is C15H30N2O. The van der Waals surface area contributed by atoms with Gasteiger partial charge in [0.05, 0.1) is 0 Å². The first-order valence-electron chi connectivity index (χ1n) is 7.70. The predicted molar refractivity (Wildman–Crippen MR) is 75.7 cm³/mol. The summed E-state index contributed by atoms with van der Waals surface area (Å²) in [5.41, 5.74) is 0. The van der Waals surface area contributed by atoms with Crippen molar-refractivity contribution >= 4 is 0 Å². The van der Waals surface area contributed by atoms with E-state index in [1.807, 2.05) is 0 Å². The number of rotatable bonds is 4. The second kappa shape index (κ2) is 6.88. The van der Waals surface area contributed by atoms with Crippen LogP contribution in [0.3, 0.4) is 0 Å². The maximum atomic E-state index is 9.47. The molecule has 18 heavy (non-hydrogen) atoms. The molecule has 1 aliphatic carbocycles. The molecule has 1 heterocycles. The Morgan fingerprint density at radius 2 is 1.83 bits per heavy atom. The second-order valence-corrected chi connectivity index (χ2v) is 6.53. The number of likely N-dealkylation sites (tertiary alicyclic amines) is 1. The predicted octanol–water partition coefficient (Wildman–Crippen LogP) is 1.81. The standard InChI is InChI=1S/C15H30N2O/c1-16(2)15-11-17(9-8-14(15)12-18)10-13-6-4-3-5-7-13/h13-15,18H,3-12H2,1-2H3/t14-,15-/m1/s1. The first-order valence-corrected chi connectivity index (χ1v) is 7.70. The molecular weight excluding hydrogens is 224 g/mol. The summed E-state index contributed by atoms with van der Waals surface area (Å²) in [5.74, 6) is 1.41. The van der Waals surface area contributed by atoms with Gasteiger partial charge in [-0.25, -0.2) is 0 Å². The molecule has 2 fully saturated rings. The monoisotopic (exact) mass is 254 g/mol. The number of aliphatic hydroxyl groups excluding tert-OH is 1. The summed E-state index contributed by atoms with van der Waals surface area (Å²) in [7, 11) is 4.30. The van der Waals surface area contributed by atoms with E-state index in [0.29, 0.717) is 18.6 Å². The van der Waals surface area contributed by atoms with Gasteiger partial charge in [0.1, 0.15) is 0 Å². The summed E-state index contributed by atoms with van der Waals surface area (Å²) in [6.45, 7) is 3.98. The summed E-state index contributed by atoms with van der Waals surface area (Å²) in [6, 6.07) is 0.535. The van der Waals surface area contributed by atoms with Crippen LogP contribution >= 0.6 is 0 Å². The average Bonchev–Trinajstić information content (AvgIpc) is 2.40. The fourth-order valence-corrected chi connectivity index (χ4v) is 3.74. The molecule has 3 nitrogen and oxygen atoms in total. The Bertz CT molecular complexity index is 239. The molecule has 0 radical (unpaired) electrons.